The van der Waals surface area contributed by atoms with Gasteiger partial charge in [-0.1, -0.05) is 41.6 Å². The molecule has 174 valence electrons. The van der Waals surface area contributed by atoms with Crippen molar-refractivity contribution in [3.8, 4) is 12.1 Å². The Bertz CT molecular complexity index is 1300. The van der Waals surface area contributed by atoms with Crippen LogP contribution >= 0.6 is 23.4 Å². The largest absolute Gasteiger partial charge is 0.463 e. The van der Waals surface area contributed by atoms with Crippen molar-refractivity contribution in [2.24, 2.45) is 5.73 Å². The van der Waals surface area contributed by atoms with E-state index in [-0.39, 0.29) is 35.1 Å². The Balaban J connectivity index is 2.14. The van der Waals surface area contributed by atoms with Gasteiger partial charge in [0.15, 0.2) is 0 Å². The number of nitrogens with zero attached hydrogens (tertiary/aromatic N) is 3. The molecule has 0 spiro atoms. The monoisotopic (exact) mass is 494 g/mol. The molecule has 1 aromatic heterocycles. The lowest BCUT2D eigenvalue weighted by atomic mass is 9.83. The Kier molecular flexibility index (Phi) is 7.88. The van der Waals surface area contributed by atoms with Gasteiger partial charge in [0, 0.05) is 10.7 Å². The van der Waals surface area contributed by atoms with Gasteiger partial charge in [-0.25, -0.2) is 9.78 Å². The van der Waals surface area contributed by atoms with Gasteiger partial charge in [-0.15, -0.1) is 0 Å². The number of esters is 1. The maximum absolute atomic E-state index is 13.1. The molecule has 0 radical (unpaired) electrons. The van der Waals surface area contributed by atoms with Gasteiger partial charge in [0.25, 0.3) is 0 Å². The van der Waals surface area contributed by atoms with Gasteiger partial charge < -0.3 is 15.2 Å². The van der Waals surface area contributed by atoms with Crippen LogP contribution in [0.1, 0.15) is 40.8 Å². The van der Waals surface area contributed by atoms with Crippen LogP contribution < -0.4 is 5.73 Å². The van der Waals surface area contributed by atoms with Gasteiger partial charge in [0.2, 0.25) is 5.88 Å². The van der Waals surface area contributed by atoms with E-state index in [0.717, 1.165) is 16.8 Å². The number of carbonyl (C=O) groups excluding carboxylic acids is 1. The molecule has 0 aliphatic carbocycles. The van der Waals surface area contributed by atoms with Gasteiger partial charge >= 0.3 is 5.97 Å². The number of hydrogen-bond acceptors (Lipinski definition) is 8. The van der Waals surface area contributed by atoms with E-state index in [1.165, 1.54) is 11.8 Å². The lowest BCUT2D eigenvalue weighted by Crippen LogP contribution is -2.27. The lowest BCUT2D eigenvalue weighted by Gasteiger charge is -2.28. The summed E-state index contributed by atoms with van der Waals surface area (Å²) in [6.07, 6.45) is 0. The smallest absolute Gasteiger partial charge is 0.338 e. The molecule has 1 aliphatic rings. The van der Waals surface area contributed by atoms with Crippen LogP contribution in [0.25, 0.3) is 0 Å². The normalized spacial score (nSPS) is 15.4. The number of rotatable bonds is 6. The molecule has 1 atom stereocenters. The van der Waals surface area contributed by atoms with Crippen LogP contribution in [0.3, 0.4) is 0 Å². The molecule has 7 nitrogen and oxygen atoms in total. The van der Waals surface area contributed by atoms with Crippen molar-refractivity contribution in [2.75, 3.05) is 12.4 Å². The molecule has 0 fully saturated rings. The zero-order valence-electron chi connectivity index (χ0n) is 19.2. The number of hydrogen-bond donors (Lipinski definition) is 1. The minimum Gasteiger partial charge on any atom is -0.463 e. The zero-order chi connectivity index (χ0) is 25.0. The van der Waals surface area contributed by atoms with Crippen molar-refractivity contribution in [1.82, 2.24) is 4.98 Å². The molecule has 1 unspecified atom stereocenters. The molecule has 9 heteroatoms. The van der Waals surface area contributed by atoms with Gasteiger partial charge in [-0.2, -0.15) is 10.5 Å². The summed E-state index contributed by atoms with van der Waals surface area (Å²) in [6.45, 7) is 7.50. The van der Waals surface area contributed by atoms with E-state index >= 15 is 0 Å². The molecular weight excluding hydrogens is 472 g/mol. The second-order valence-electron chi connectivity index (χ2n) is 7.53. The second-order valence-corrected chi connectivity index (χ2v) is 8.90. The van der Waals surface area contributed by atoms with Crippen molar-refractivity contribution in [3.63, 3.8) is 0 Å². The Morgan fingerprint density at radius 2 is 1.94 bits per heavy atom. The van der Waals surface area contributed by atoms with Crippen LogP contribution in [0.4, 0.5) is 0 Å². The molecule has 3 rings (SSSR count). The SMILES string of the molecule is CCOC(=O)C1=C(CSc2nc(C)c(C)c(C)c2C#N)OC(N)=C(C#N)C1c1ccccc1Cl. The van der Waals surface area contributed by atoms with Gasteiger partial charge in [0.05, 0.1) is 29.4 Å². The summed E-state index contributed by atoms with van der Waals surface area (Å²) in [7, 11) is 0. The standard InChI is InChI=1S/C25H23ClN4O3S/c1-5-32-25(31)22-20(12-34-24-17(10-27)14(3)13(2)15(4)30-24)33-23(29)18(11-28)21(22)16-8-6-7-9-19(16)26/h6-9,21H,5,12,29H2,1-4H3. The molecule has 2 N–H and O–H groups in total. The van der Waals surface area contributed by atoms with E-state index in [0.29, 0.717) is 21.2 Å². The minimum atomic E-state index is -0.855. The number of benzene rings is 1. The molecule has 2 aromatic rings. The highest BCUT2D eigenvalue weighted by Crippen LogP contribution is 2.43. The number of allylic oxidation sites excluding steroid dienone is 1. The lowest BCUT2D eigenvalue weighted by molar-refractivity contribution is -0.139. The number of aryl methyl sites for hydroxylation is 1. The highest BCUT2D eigenvalue weighted by Gasteiger charge is 2.38. The third-order valence-corrected chi connectivity index (χ3v) is 6.94. The quantitative estimate of drug-likeness (QED) is 0.442. The topological polar surface area (TPSA) is 122 Å². The summed E-state index contributed by atoms with van der Waals surface area (Å²) in [6, 6.07) is 11.2. The number of pyridine rings is 1. The molecule has 2 heterocycles. The summed E-state index contributed by atoms with van der Waals surface area (Å²) in [5.74, 6) is -1.23. The maximum Gasteiger partial charge on any atom is 0.338 e. The Morgan fingerprint density at radius 1 is 1.24 bits per heavy atom. The van der Waals surface area contributed by atoms with Crippen LogP contribution in [0.5, 0.6) is 0 Å². The Labute approximate surface area is 207 Å². The predicted molar refractivity (Wildman–Crippen MR) is 130 cm³/mol. The van der Waals surface area contributed by atoms with Crippen molar-refractivity contribution in [2.45, 2.75) is 38.6 Å². The summed E-state index contributed by atoms with van der Waals surface area (Å²) < 4.78 is 11.1. The molecule has 0 saturated heterocycles. The van der Waals surface area contributed by atoms with Gasteiger partial charge in [-0.05, 0) is 50.5 Å². The number of thioether (sulfide) groups is 1. The first-order valence-corrected chi connectivity index (χ1v) is 11.8. The van der Waals surface area contributed by atoms with Crippen molar-refractivity contribution < 1.29 is 14.3 Å². The highest BCUT2D eigenvalue weighted by molar-refractivity contribution is 7.99. The summed E-state index contributed by atoms with van der Waals surface area (Å²) in [4.78, 5) is 17.7. The number of halogens is 1. The number of nitrogens with two attached hydrogens (primary N) is 1. The minimum absolute atomic E-state index is 0.0720. The molecule has 0 amide bonds. The van der Waals surface area contributed by atoms with Crippen LogP contribution in [0.15, 0.2) is 52.1 Å². The number of carbonyl (C=O) groups is 1. The first-order valence-electron chi connectivity index (χ1n) is 10.5. The molecular formula is C25H23ClN4O3S. The van der Waals surface area contributed by atoms with Crippen LogP contribution in [-0.4, -0.2) is 23.3 Å². The fourth-order valence-corrected chi connectivity index (χ4v) is 4.93. The number of ether oxygens (including phenoxy) is 2. The van der Waals surface area contributed by atoms with E-state index in [2.05, 4.69) is 17.1 Å². The fraction of sp³-hybridized carbons (Fsp3) is 0.280. The maximum atomic E-state index is 13.1. The van der Waals surface area contributed by atoms with E-state index in [1.807, 2.05) is 20.8 Å². The first kappa shape index (κ1) is 25.2. The average molecular weight is 495 g/mol. The summed E-state index contributed by atoms with van der Waals surface area (Å²) in [5, 5.41) is 20.4. The zero-order valence-corrected chi connectivity index (χ0v) is 20.8. The average Bonchev–Trinajstić information content (AvgIpc) is 2.81. The van der Waals surface area contributed by atoms with Crippen molar-refractivity contribution in [3.05, 3.63) is 80.0 Å². The van der Waals surface area contributed by atoms with E-state index in [1.54, 1.807) is 31.2 Å². The molecule has 1 aromatic carbocycles. The van der Waals surface area contributed by atoms with Gasteiger partial charge in [0.1, 0.15) is 28.5 Å². The predicted octanol–water partition coefficient (Wildman–Crippen LogP) is 4.95. The van der Waals surface area contributed by atoms with E-state index in [4.69, 9.17) is 26.8 Å². The summed E-state index contributed by atoms with van der Waals surface area (Å²) >= 11 is 7.69. The third-order valence-electron chi connectivity index (χ3n) is 5.62. The fourth-order valence-electron chi connectivity index (χ4n) is 3.66. The van der Waals surface area contributed by atoms with Crippen LogP contribution in [-0.2, 0) is 14.3 Å². The first-order chi connectivity index (χ1) is 16.2. The number of aromatic nitrogens is 1. The summed E-state index contributed by atoms with van der Waals surface area (Å²) in [5.41, 5.74) is 9.94. The Morgan fingerprint density at radius 3 is 2.56 bits per heavy atom. The van der Waals surface area contributed by atoms with E-state index in [9.17, 15) is 15.3 Å². The van der Waals surface area contributed by atoms with Crippen molar-refractivity contribution >= 4 is 29.3 Å². The van der Waals surface area contributed by atoms with E-state index < -0.39 is 11.9 Å². The van der Waals surface area contributed by atoms with Crippen molar-refractivity contribution in [1.29, 1.82) is 10.5 Å². The molecule has 34 heavy (non-hydrogen) atoms. The Hall–Kier alpha value is -3.46. The second kappa shape index (κ2) is 10.6. The third kappa shape index (κ3) is 4.75. The van der Waals surface area contributed by atoms with Crippen LogP contribution in [0, 0.1) is 43.4 Å². The molecule has 0 bridgehead atoms. The molecule has 0 saturated carbocycles. The number of nitriles is 2. The molecule has 1 aliphatic heterocycles. The highest BCUT2D eigenvalue weighted by atomic mass is 35.5. The van der Waals surface area contributed by atoms with Gasteiger partial charge in [-0.3, -0.25) is 0 Å². The van der Waals surface area contributed by atoms with Crippen LogP contribution in [0.2, 0.25) is 5.02 Å².